The van der Waals surface area contributed by atoms with E-state index in [0.717, 1.165) is 5.56 Å². The molecule has 0 atom stereocenters. The van der Waals surface area contributed by atoms with Crippen LogP contribution in [0.5, 0.6) is 0 Å². The molecule has 22 heavy (non-hydrogen) atoms. The minimum absolute atomic E-state index is 0.0530. The lowest BCUT2D eigenvalue weighted by molar-refractivity contribution is -0.137. The maximum atomic E-state index is 12.7. The monoisotopic (exact) mass is 295 g/mol. The number of carbonyl (C=O) groups is 3. The van der Waals surface area contributed by atoms with Crippen LogP contribution in [0.1, 0.15) is 44.8 Å². The van der Waals surface area contributed by atoms with Crippen LogP contribution in [0.2, 0.25) is 0 Å². The molecule has 0 fully saturated rings. The average Bonchev–Trinajstić information content (AvgIpc) is 2.96. The molecule has 0 bridgehead atoms. The number of aliphatic carboxylic acids is 1. The minimum Gasteiger partial charge on any atom is -0.480 e. The highest BCUT2D eigenvalue weighted by Crippen LogP contribution is 2.43. The largest absolute Gasteiger partial charge is 0.480 e. The van der Waals surface area contributed by atoms with Crippen LogP contribution >= 0.6 is 0 Å². The van der Waals surface area contributed by atoms with Gasteiger partial charge >= 0.3 is 5.97 Å². The van der Waals surface area contributed by atoms with Crippen LogP contribution in [-0.4, -0.2) is 27.2 Å². The van der Waals surface area contributed by atoms with E-state index in [0.29, 0.717) is 47.3 Å². The van der Waals surface area contributed by atoms with Gasteiger partial charge in [0.15, 0.2) is 11.6 Å². The molecule has 0 amide bonds. The van der Waals surface area contributed by atoms with Crippen LogP contribution in [0.15, 0.2) is 24.3 Å². The molecule has 0 saturated carbocycles. The van der Waals surface area contributed by atoms with E-state index in [-0.39, 0.29) is 18.1 Å². The van der Waals surface area contributed by atoms with Gasteiger partial charge in [0, 0.05) is 23.2 Å². The molecule has 5 heteroatoms. The predicted molar refractivity (Wildman–Crippen MR) is 78.2 cm³/mol. The zero-order valence-corrected chi connectivity index (χ0v) is 11.8. The van der Waals surface area contributed by atoms with E-state index in [4.69, 9.17) is 0 Å². The Morgan fingerprint density at radius 2 is 1.82 bits per heavy atom. The van der Waals surface area contributed by atoms with Gasteiger partial charge in [0.1, 0.15) is 6.54 Å². The first-order chi connectivity index (χ1) is 10.6. The summed E-state index contributed by atoms with van der Waals surface area (Å²) >= 11 is 0. The van der Waals surface area contributed by atoms with E-state index in [1.54, 1.807) is 16.7 Å². The third-order valence-electron chi connectivity index (χ3n) is 4.41. The number of hydrogen-bond donors (Lipinski definition) is 1. The van der Waals surface area contributed by atoms with E-state index >= 15 is 0 Å². The molecule has 110 valence electrons. The predicted octanol–water partition coefficient (Wildman–Crippen LogP) is 2.30. The maximum Gasteiger partial charge on any atom is 0.323 e. The Hall–Kier alpha value is -2.69. The van der Waals surface area contributed by atoms with Crippen molar-refractivity contribution >= 4 is 17.5 Å². The van der Waals surface area contributed by atoms with Gasteiger partial charge < -0.3 is 9.67 Å². The molecular formula is C17H13NO4. The third-order valence-corrected chi connectivity index (χ3v) is 4.41. The first kappa shape index (κ1) is 13.0. The van der Waals surface area contributed by atoms with Gasteiger partial charge in [-0.25, -0.2) is 0 Å². The summed E-state index contributed by atoms with van der Waals surface area (Å²) in [5.74, 6) is -1.19. The number of carbonyl (C=O) groups excluding carboxylic acids is 2. The Labute approximate surface area is 126 Å². The number of aromatic nitrogens is 1. The highest BCUT2D eigenvalue weighted by molar-refractivity contribution is 6.26. The Morgan fingerprint density at radius 1 is 1.09 bits per heavy atom. The molecule has 1 N–H and O–H groups in total. The number of ketones is 2. The number of carboxylic acids is 1. The molecule has 2 aromatic rings. The molecule has 1 aromatic heterocycles. The van der Waals surface area contributed by atoms with Crippen molar-refractivity contribution in [1.82, 2.24) is 4.57 Å². The fourth-order valence-electron chi connectivity index (χ4n) is 3.60. The average molecular weight is 295 g/mol. The third kappa shape index (κ3) is 1.56. The fourth-order valence-corrected chi connectivity index (χ4v) is 3.60. The van der Waals surface area contributed by atoms with Crippen LogP contribution < -0.4 is 0 Å². The lowest BCUT2D eigenvalue weighted by Gasteiger charge is -2.16. The number of carboxylic acid groups (broad SMARTS) is 1. The summed E-state index contributed by atoms with van der Waals surface area (Å²) in [4.78, 5) is 36.3. The quantitative estimate of drug-likeness (QED) is 0.787. The number of fused-ring (bicyclic) bond motifs is 5. The van der Waals surface area contributed by atoms with Gasteiger partial charge in [-0.15, -0.1) is 0 Å². The molecule has 0 saturated heterocycles. The number of benzene rings is 1. The van der Waals surface area contributed by atoms with Gasteiger partial charge in [-0.1, -0.05) is 24.3 Å². The molecule has 5 nitrogen and oxygen atoms in total. The van der Waals surface area contributed by atoms with Crippen molar-refractivity contribution in [3.8, 4) is 11.3 Å². The second-order valence-electron chi connectivity index (χ2n) is 5.68. The summed E-state index contributed by atoms with van der Waals surface area (Å²) in [6.07, 6.45) is 1.75. The zero-order chi connectivity index (χ0) is 15.4. The van der Waals surface area contributed by atoms with Gasteiger partial charge in [-0.2, -0.15) is 0 Å². The van der Waals surface area contributed by atoms with Crippen LogP contribution in [0, 0.1) is 0 Å². The second-order valence-corrected chi connectivity index (χ2v) is 5.68. The fraction of sp³-hybridized carbons (Fsp3) is 0.235. The summed E-state index contributed by atoms with van der Waals surface area (Å²) in [5, 5.41) is 9.21. The summed E-state index contributed by atoms with van der Waals surface area (Å²) in [7, 11) is 0. The van der Waals surface area contributed by atoms with Gasteiger partial charge in [0.25, 0.3) is 0 Å². The van der Waals surface area contributed by atoms with Crippen molar-refractivity contribution < 1.29 is 19.5 Å². The standard InChI is InChI=1S/C17H13NO4/c19-12-7-3-6-11-14(12)15-16(18(11)8-13(20)21)9-4-1-2-5-10(9)17(15)22/h1-2,4-5H,3,6-8H2,(H,20,21). The second kappa shape index (κ2) is 4.40. The number of rotatable bonds is 2. The van der Waals surface area contributed by atoms with E-state index in [1.807, 2.05) is 12.1 Å². The van der Waals surface area contributed by atoms with Crippen LogP contribution in [0.4, 0.5) is 0 Å². The maximum absolute atomic E-state index is 12.7. The molecule has 0 unspecified atom stereocenters. The summed E-state index contributed by atoms with van der Waals surface area (Å²) < 4.78 is 1.65. The minimum atomic E-state index is -0.976. The topological polar surface area (TPSA) is 76.4 Å². The SMILES string of the molecule is O=C(O)Cn1c2c(c3c1-c1ccccc1C3=O)C(=O)CCC2. The molecule has 0 spiro atoms. The lowest BCUT2D eigenvalue weighted by atomic mass is 9.92. The van der Waals surface area contributed by atoms with Crippen molar-refractivity contribution in [2.45, 2.75) is 25.8 Å². The summed E-state index contributed by atoms with van der Waals surface area (Å²) in [5.41, 5.74) is 3.43. The molecule has 0 aliphatic heterocycles. The highest BCUT2D eigenvalue weighted by Gasteiger charge is 2.39. The van der Waals surface area contributed by atoms with E-state index in [2.05, 4.69) is 0 Å². The Balaban J connectivity index is 2.08. The first-order valence-electron chi connectivity index (χ1n) is 7.24. The number of nitrogens with zero attached hydrogens (tertiary/aromatic N) is 1. The van der Waals surface area contributed by atoms with E-state index < -0.39 is 5.97 Å². The van der Waals surface area contributed by atoms with Crippen LogP contribution in [0.3, 0.4) is 0 Å². The van der Waals surface area contributed by atoms with Crippen molar-refractivity contribution in [2.75, 3.05) is 0 Å². The van der Waals surface area contributed by atoms with Crippen molar-refractivity contribution in [3.63, 3.8) is 0 Å². The first-order valence-corrected chi connectivity index (χ1v) is 7.24. The molecule has 1 aromatic carbocycles. The normalized spacial score (nSPS) is 15.5. The Bertz CT molecular complexity index is 860. The van der Waals surface area contributed by atoms with Crippen molar-refractivity contribution in [2.24, 2.45) is 0 Å². The Kier molecular flexibility index (Phi) is 2.60. The highest BCUT2D eigenvalue weighted by atomic mass is 16.4. The molecule has 0 radical (unpaired) electrons. The molecule has 2 aliphatic carbocycles. The van der Waals surface area contributed by atoms with Gasteiger partial charge in [0.05, 0.1) is 16.8 Å². The van der Waals surface area contributed by atoms with Gasteiger partial charge in [-0.05, 0) is 12.8 Å². The molecule has 2 aliphatic rings. The van der Waals surface area contributed by atoms with E-state index in [9.17, 15) is 19.5 Å². The van der Waals surface area contributed by atoms with E-state index in [1.165, 1.54) is 0 Å². The zero-order valence-electron chi connectivity index (χ0n) is 11.8. The number of Topliss-reactive ketones (excluding diaryl/α,β-unsaturated/α-hetero) is 1. The smallest absolute Gasteiger partial charge is 0.323 e. The molecule has 4 rings (SSSR count). The van der Waals surface area contributed by atoms with Crippen LogP contribution in [0.25, 0.3) is 11.3 Å². The number of hydrogen-bond acceptors (Lipinski definition) is 3. The van der Waals surface area contributed by atoms with Gasteiger partial charge in [0.2, 0.25) is 0 Å². The van der Waals surface area contributed by atoms with Gasteiger partial charge in [-0.3, -0.25) is 14.4 Å². The summed E-state index contributed by atoms with van der Waals surface area (Å²) in [6, 6.07) is 7.13. The van der Waals surface area contributed by atoms with Crippen LogP contribution in [-0.2, 0) is 17.8 Å². The summed E-state index contributed by atoms with van der Waals surface area (Å²) in [6.45, 7) is -0.230. The van der Waals surface area contributed by atoms with Crippen molar-refractivity contribution in [1.29, 1.82) is 0 Å². The molecule has 1 heterocycles. The molecular weight excluding hydrogens is 282 g/mol. The lowest BCUT2D eigenvalue weighted by Crippen LogP contribution is -2.18. The Morgan fingerprint density at radius 3 is 2.55 bits per heavy atom. The van der Waals surface area contributed by atoms with Crippen molar-refractivity contribution in [3.05, 3.63) is 46.6 Å².